The number of piperidine rings is 1. The van der Waals surface area contributed by atoms with Crippen molar-refractivity contribution in [2.45, 2.75) is 44.2 Å². The minimum absolute atomic E-state index is 0.207. The first kappa shape index (κ1) is 14.3. The fourth-order valence-corrected chi connectivity index (χ4v) is 2.53. The zero-order chi connectivity index (χ0) is 13.7. The number of nitrogens with one attached hydrogen (secondary N) is 3. The smallest absolute Gasteiger partial charge is 0.321 e. The van der Waals surface area contributed by atoms with Gasteiger partial charge in [-0.2, -0.15) is 0 Å². The Morgan fingerprint density at radius 2 is 2.00 bits per heavy atom. The maximum atomic E-state index is 11.8. The molecule has 3 amide bonds. The number of carbonyl (C=O) groups excluding carboxylic acids is 2. The molecule has 2 rings (SSSR count). The van der Waals surface area contributed by atoms with Crippen molar-refractivity contribution in [2.75, 3.05) is 26.7 Å². The lowest BCUT2D eigenvalue weighted by Crippen LogP contribution is -2.51. The van der Waals surface area contributed by atoms with Crippen molar-refractivity contribution in [1.82, 2.24) is 20.9 Å². The molecule has 1 atom stereocenters. The van der Waals surface area contributed by atoms with Gasteiger partial charge in [0, 0.05) is 18.6 Å². The lowest BCUT2D eigenvalue weighted by atomic mass is 10.0. The number of carbonyl (C=O) groups is 2. The minimum Gasteiger partial charge on any atom is -0.335 e. The van der Waals surface area contributed by atoms with Crippen LogP contribution < -0.4 is 16.0 Å². The van der Waals surface area contributed by atoms with Gasteiger partial charge in [-0.3, -0.25) is 15.0 Å². The summed E-state index contributed by atoms with van der Waals surface area (Å²) in [6.45, 7) is 2.13. The number of likely N-dealkylation sites (tertiary alicyclic amines) is 1. The minimum atomic E-state index is -0.352. The number of nitrogens with zero attached hydrogens (tertiary/aromatic N) is 1. The molecule has 6 heteroatoms. The molecule has 2 aliphatic rings. The molecule has 6 nitrogen and oxygen atoms in total. The fourth-order valence-electron chi connectivity index (χ4n) is 2.53. The standard InChI is InChI=1S/C13H24N4O2/c1-14-8-11-4-2-3-7-17(11)9-12(18)16-13(19)15-10-5-6-10/h10-11,14H,2-9H2,1H3,(H2,15,16,18,19). The third-order valence-corrected chi connectivity index (χ3v) is 3.70. The van der Waals surface area contributed by atoms with Crippen molar-refractivity contribution >= 4 is 11.9 Å². The van der Waals surface area contributed by atoms with Crippen molar-refractivity contribution < 1.29 is 9.59 Å². The molecule has 1 saturated carbocycles. The maximum Gasteiger partial charge on any atom is 0.321 e. The van der Waals surface area contributed by atoms with Crippen LogP contribution in [0.15, 0.2) is 0 Å². The SMILES string of the molecule is CNCC1CCCCN1CC(=O)NC(=O)NC1CC1. The largest absolute Gasteiger partial charge is 0.335 e. The molecule has 1 aliphatic carbocycles. The van der Waals surface area contributed by atoms with Crippen LogP contribution in [0.4, 0.5) is 4.79 Å². The third-order valence-electron chi connectivity index (χ3n) is 3.70. The van der Waals surface area contributed by atoms with Gasteiger partial charge in [-0.25, -0.2) is 4.79 Å². The van der Waals surface area contributed by atoms with E-state index in [4.69, 9.17) is 0 Å². The first-order chi connectivity index (χ1) is 9.19. The molecule has 0 aromatic heterocycles. The summed E-state index contributed by atoms with van der Waals surface area (Å²) < 4.78 is 0. The molecular weight excluding hydrogens is 244 g/mol. The third kappa shape index (κ3) is 4.80. The van der Waals surface area contributed by atoms with Crippen LogP contribution in [0.3, 0.4) is 0 Å². The van der Waals surface area contributed by atoms with E-state index >= 15 is 0 Å². The molecule has 0 radical (unpaired) electrons. The van der Waals surface area contributed by atoms with E-state index in [-0.39, 0.29) is 18.0 Å². The van der Waals surface area contributed by atoms with Gasteiger partial charge in [0.15, 0.2) is 0 Å². The van der Waals surface area contributed by atoms with E-state index in [2.05, 4.69) is 20.9 Å². The van der Waals surface area contributed by atoms with E-state index in [0.29, 0.717) is 12.6 Å². The summed E-state index contributed by atoms with van der Waals surface area (Å²) in [5, 5.41) is 8.33. The molecule has 19 heavy (non-hydrogen) atoms. The Labute approximate surface area is 114 Å². The number of hydrogen-bond acceptors (Lipinski definition) is 4. The number of amides is 3. The number of rotatable bonds is 5. The Kier molecular flexibility index (Phi) is 5.15. The second-order valence-electron chi connectivity index (χ2n) is 5.47. The molecule has 3 N–H and O–H groups in total. The average molecular weight is 268 g/mol. The maximum absolute atomic E-state index is 11.8. The van der Waals surface area contributed by atoms with Gasteiger partial charge in [0.2, 0.25) is 5.91 Å². The highest BCUT2D eigenvalue weighted by Gasteiger charge is 2.26. The zero-order valence-corrected chi connectivity index (χ0v) is 11.6. The van der Waals surface area contributed by atoms with E-state index in [0.717, 1.165) is 38.8 Å². The van der Waals surface area contributed by atoms with Crippen LogP contribution in [0.2, 0.25) is 0 Å². The van der Waals surface area contributed by atoms with Crippen LogP contribution in [-0.4, -0.2) is 55.6 Å². The Morgan fingerprint density at radius 1 is 1.21 bits per heavy atom. The molecule has 1 aliphatic heterocycles. The topological polar surface area (TPSA) is 73.5 Å². The highest BCUT2D eigenvalue weighted by molar-refractivity contribution is 5.95. The van der Waals surface area contributed by atoms with Gasteiger partial charge in [-0.15, -0.1) is 0 Å². The molecule has 2 fully saturated rings. The number of hydrogen-bond donors (Lipinski definition) is 3. The molecule has 1 heterocycles. The van der Waals surface area contributed by atoms with Crippen LogP contribution in [0.25, 0.3) is 0 Å². The van der Waals surface area contributed by atoms with Gasteiger partial charge >= 0.3 is 6.03 Å². The Hall–Kier alpha value is -1.14. The number of urea groups is 1. The highest BCUT2D eigenvalue weighted by Crippen LogP contribution is 2.18. The first-order valence-corrected chi connectivity index (χ1v) is 7.18. The van der Waals surface area contributed by atoms with E-state index in [1.807, 2.05) is 7.05 Å². The van der Waals surface area contributed by atoms with Gasteiger partial charge in [0.05, 0.1) is 6.54 Å². The van der Waals surface area contributed by atoms with Crippen molar-refractivity contribution in [3.8, 4) is 0 Å². The van der Waals surface area contributed by atoms with E-state index in [9.17, 15) is 9.59 Å². The summed E-state index contributed by atoms with van der Waals surface area (Å²) in [6.07, 6.45) is 5.51. The quantitative estimate of drug-likeness (QED) is 0.659. The van der Waals surface area contributed by atoms with Crippen molar-refractivity contribution in [3.63, 3.8) is 0 Å². The summed E-state index contributed by atoms with van der Waals surface area (Å²) in [4.78, 5) is 25.5. The molecular formula is C13H24N4O2. The van der Waals surface area contributed by atoms with Gasteiger partial charge in [0.1, 0.15) is 0 Å². The van der Waals surface area contributed by atoms with Crippen molar-refractivity contribution in [2.24, 2.45) is 0 Å². The van der Waals surface area contributed by atoms with Crippen molar-refractivity contribution in [3.05, 3.63) is 0 Å². The molecule has 0 aromatic carbocycles. The second-order valence-corrected chi connectivity index (χ2v) is 5.47. The Morgan fingerprint density at radius 3 is 2.68 bits per heavy atom. The van der Waals surface area contributed by atoms with Gasteiger partial charge < -0.3 is 10.6 Å². The highest BCUT2D eigenvalue weighted by atomic mass is 16.2. The molecule has 0 bridgehead atoms. The lowest BCUT2D eigenvalue weighted by molar-refractivity contribution is -0.122. The van der Waals surface area contributed by atoms with Crippen LogP contribution >= 0.6 is 0 Å². The number of likely N-dealkylation sites (N-methyl/N-ethyl adjacent to an activating group) is 1. The summed E-state index contributed by atoms with van der Waals surface area (Å²) in [5.41, 5.74) is 0. The summed E-state index contributed by atoms with van der Waals surface area (Å²) in [6, 6.07) is 0.325. The van der Waals surface area contributed by atoms with Gasteiger partial charge in [-0.05, 0) is 39.3 Å². The molecule has 1 unspecified atom stereocenters. The van der Waals surface area contributed by atoms with Crippen LogP contribution in [0.1, 0.15) is 32.1 Å². The van der Waals surface area contributed by atoms with Gasteiger partial charge in [-0.1, -0.05) is 6.42 Å². The van der Waals surface area contributed by atoms with Crippen molar-refractivity contribution in [1.29, 1.82) is 0 Å². The molecule has 1 saturated heterocycles. The summed E-state index contributed by atoms with van der Waals surface area (Å²) in [7, 11) is 1.93. The van der Waals surface area contributed by atoms with Crippen LogP contribution in [-0.2, 0) is 4.79 Å². The molecule has 108 valence electrons. The van der Waals surface area contributed by atoms with Crippen LogP contribution in [0, 0.1) is 0 Å². The average Bonchev–Trinajstić information content (AvgIpc) is 3.15. The Balaban J connectivity index is 1.73. The van der Waals surface area contributed by atoms with Crippen LogP contribution in [0.5, 0.6) is 0 Å². The predicted octanol–water partition coefficient (Wildman–Crippen LogP) is 0.0485. The summed E-state index contributed by atoms with van der Waals surface area (Å²) >= 11 is 0. The zero-order valence-electron chi connectivity index (χ0n) is 11.6. The monoisotopic (exact) mass is 268 g/mol. The van der Waals surface area contributed by atoms with E-state index in [1.54, 1.807) is 0 Å². The van der Waals surface area contributed by atoms with E-state index in [1.165, 1.54) is 6.42 Å². The summed E-state index contributed by atoms with van der Waals surface area (Å²) in [5.74, 6) is -0.207. The number of imide groups is 1. The lowest BCUT2D eigenvalue weighted by Gasteiger charge is -2.34. The van der Waals surface area contributed by atoms with E-state index < -0.39 is 0 Å². The molecule has 0 aromatic rings. The second kappa shape index (κ2) is 6.86. The Bertz CT molecular complexity index is 329. The normalized spacial score (nSPS) is 23.9. The first-order valence-electron chi connectivity index (χ1n) is 7.18. The predicted molar refractivity (Wildman–Crippen MR) is 72.8 cm³/mol. The fraction of sp³-hybridized carbons (Fsp3) is 0.846. The molecule has 0 spiro atoms. The van der Waals surface area contributed by atoms with Gasteiger partial charge in [0.25, 0.3) is 0 Å².